The van der Waals surface area contributed by atoms with Crippen LogP contribution < -0.4 is 5.73 Å². The molecule has 0 saturated carbocycles. The third-order valence-electron chi connectivity index (χ3n) is 4.30. The Labute approximate surface area is 125 Å². The van der Waals surface area contributed by atoms with Crippen molar-refractivity contribution in [3.63, 3.8) is 0 Å². The summed E-state index contributed by atoms with van der Waals surface area (Å²) in [5, 5.41) is 0. The lowest BCUT2D eigenvalue weighted by Gasteiger charge is -2.36. The number of nitrogens with zero attached hydrogens (tertiary/aromatic N) is 1. The number of rotatable bonds is 8. The van der Waals surface area contributed by atoms with Crippen LogP contribution in [0.15, 0.2) is 24.3 Å². The number of likely N-dealkylation sites (N-methyl/N-ethyl adjacent to an activating group) is 1. The molecule has 0 aliphatic carbocycles. The highest BCUT2D eigenvalue weighted by Crippen LogP contribution is 2.27. The summed E-state index contributed by atoms with van der Waals surface area (Å²) in [6.45, 7) is 13.4. The van der Waals surface area contributed by atoms with Crippen molar-refractivity contribution in [3.8, 4) is 0 Å². The van der Waals surface area contributed by atoms with Crippen LogP contribution in [0.3, 0.4) is 0 Å². The smallest absolute Gasteiger partial charge is 0.0499 e. The average molecular weight is 276 g/mol. The van der Waals surface area contributed by atoms with Crippen molar-refractivity contribution in [1.82, 2.24) is 4.90 Å². The maximum absolute atomic E-state index is 6.45. The van der Waals surface area contributed by atoms with Crippen molar-refractivity contribution in [2.75, 3.05) is 13.1 Å². The van der Waals surface area contributed by atoms with Gasteiger partial charge < -0.3 is 5.73 Å². The van der Waals surface area contributed by atoms with E-state index in [2.05, 4.69) is 63.8 Å². The zero-order valence-electron chi connectivity index (χ0n) is 13.9. The molecule has 0 aromatic heterocycles. The summed E-state index contributed by atoms with van der Waals surface area (Å²) in [5.74, 6) is 0.714. The van der Waals surface area contributed by atoms with Gasteiger partial charge in [0, 0.05) is 18.6 Å². The van der Waals surface area contributed by atoms with Gasteiger partial charge in [-0.25, -0.2) is 0 Å². The molecular weight excluding hydrogens is 244 g/mol. The fourth-order valence-corrected chi connectivity index (χ4v) is 2.77. The van der Waals surface area contributed by atoms with E-state index in [0.717, 1.165) is 19.5 Å². The van der Waals surface area contributed by atoms with Crippen molar-refractivity contribution >= 4 is 0 Å². The summed E-state index contributed by atoms with van der Waals surface area (Å²) in [7, 11) is 0. The highest BCUT2D eigenvalue weighted by Gasteiger charge is 2.25. The minimum absolute atomic E-state index is 0.195. The molecule has 114 valence electrons. The molecule has 0 heterocycles. The van der Waals surface area contributed by atoms with Crippen molar-refractivity contribution < 1.29 is 0 Å². The second kappa shape index (κ2) is 8.43. The molecule has 0 spiro atoms. The summed E-state index contributed by atoms with van der Waals surface area (Å²) >= 11 is 0. The molecule has 2 heteroatoms. The predicted octanol–water partition coefficient (Wildman–Crippen LogP) is 4.14. The topological polar surface area (TPSA) is 29.3 Å². The van der Waals surface area contributed by atoms with Gasteiger partial charge in [0.05, 0.1) is 0 Å². The van der Waals surface area contributed by atoms with Crippen LogP contribution in [-0.4, -0.2) is 24.0 Å². The fraction of sp³-hybridized carbons (Fsp3) is 0.667. The first-order valence-electron chi connectivity index (χ1n) is 8.09. The largest absolute Gasteiger partial charge is 0.326 e. The number of hydrogen-bond acceptors (Lipinski definition) is 2. The molecule has 0 aliphatic heterocycles. The summed E-state index contributed by atoms with van der Waals surface area (Å²) in [6.07, 6.45) is 2.23. The van der Waals surface area contributed by atoms with Crippen molar-refractivity contribution in [2.24, 2.45) is 11.7 Å². The van der Waals surface area contributed by atoms with Gasteiger partial charge in [-0.2, -0.15) is 0 Å². The minimum atomic E-state index is 0.195. The average Bonchev–Trinajstić information content (AvgIpc) is 2.45. The molecule has 1 aromatic carbocycles. The Bertz CT molecular complexity index is 389. The van der Waals surface area contributed by atoms with E-state index < -0.39 is 0 Å². The number of nitrogens with two attached hydrogens (primary N) is 1. The Balaban J connectivity index is 3.03. The van der Waals surface area contributed by atoms with Gasteiger partial charge in [-0.1, -0.05) is 63.9 Å². The van der Waals surface area contributed by atoms with E-state index >= 15 is 0 Å². The zero-order chi connectivity index (χ0) is 15.1. The Kier molecular flexibility index (Phi) is 7.25. The predicted molar refractivity (Wildman–Crippen MR) is 88.9 cm³/mol. The Morgan fingerprint density at radius 1 is 1.15 bits per heavy atom. The molecule has 0 fully saturated rings. The number of aryl methyl sites for hydroxylation is 1. The van der Waals surface area contributed by atoms with Crippen LogP contribution in [0.2, 0.25) is 0 Å². The summed E-state index contributed by atoms with van der Waals surface area (Å²) in [4.78, 5) is 2.55. The first-order chi connectivity index (χ1) is 9.53. The SMILES string of the molecule is CCC(C)CN(CC)C(c1cccc(C)c1)C(N)CC. The van der Waals surface area contributed by atoms with E-state index in [-0.39, 0.29) is 6.04 Å². The van der Waals surface area contributed by atoms with Gasteiger partial charge in [0.25, 0.3) is 0 Å². The molecule has 20 heavy (non-hydrogen) atoms. The lowest BCUT2D eigenvalue weighted by molar-refractivity contribution is 0.153. The van der Waals surface area contributed by atoms with E-state index in [0.29, 0.717) is 12.0 Å². The van der Waals surface area contributed by atoms with Crippen LogP contribution in [0, 0.1) is 12.8 Å². The second-order valence-electron chi connectivity index (χ2n) is 6.03. The van der Waals surface area contributed by atoms with Crippen LogP contribution in [0.5, 0.6) is 0 Å². The summed E-state index contributed by atoms with van der Waals surface area (Å²) in [6, 6.07) is 9.35. The van der Waals surface area contributed by atoms with Gasteiger partial charge in [-0.15, -0.1) is 0 Å². The van der Waals surface area contributed by atoms with Crippen LogP contribution >= 0.6 is 0 Å². The highest BCUT2D eigenvalue weighted by molar-refractivity contribution is 5.26. The van der Waals surface area contributed by atoms with Gasteiger partial charge in [-0.3, -0.25) is 4.90 Å². The van der Waals surface area contributed by atoms with Gasteiger partial charge in [0.1, 0.15) is 0 Å². The minimum Gasteiger partial charge on any atom is -0.326 e. The molecule has 3 unspecified atom stereocenters. The Morgan fingerprint density at radius 2 is 1.85 bits per heavy atom. The third kappa shape index (κ3) is 4.60. The van der Waals surface area contributed by atoms with Gasteiger partial charge in [0.2, 0.25) is 0 Å². The quantitative estimate of drug-likeness (QED) is 0.773. The van der Waals surface area contributed by atoms with Crippen LogP contribution in [-0.2, 0) is 0 Å². The van der Waals surface area contributed by atoms with Crippen molar-refractivity contribution in [2.45, 2.75) is 59.5 Å². The monoisotopic (exact) mass is 276 g/mol. The molecular formula is C18H32N2. The Hall–Kier alpha value is -0.860. The lowest BCUT2D eigenvalue weighted by Crippen LogP contribution is -2.42. The van der Waals surface area contributed by atoms with Crippen molar-refractivity contribution in [3.05, 3.63) is 35.4 Å². The maximum Gasteiger partial charge on any atom is 0.0499 e. The Morgan fingerprint density at radius 3 is 2.35 bits per heavy atom. The molecule has 1 rings (SSSR count). The van der Waals surface area contributed by atoms with E-state index in [4.69, 9.17) is 5.73 Å². The van der Waals surface area contributed by atoms with Gasteiger partial charge in [0.15, 0.2) is 0 Å². The van der Waals surface area contributed by atoms with Gasteiger partial charge >= 0.3 is 0 Å². The second-order valence-corrected chi connectivity index (χ2v) is 6.03. The normalized spacial score (nSPS) is 16.1. The highest BCUT2D eigenvalue weighted by atomic mass is 15.2. The first kappa shape index (κ1) is 17.2. The molecule has 3 atom stereocenters. The third-order valence-corrected chi connectivity index (χ3v) is 4.30. The molecule has 2 N–H and O–H groups in total. The van der Waals surface area contributed by atoms with Gasteiger partial charge in [-0.05, 0) is 31.4 Å². The molecule has 0 bridgehead atoms. The zero-order valence-corrected chi connectivity index (χ0v) is 13.9. The maximum atomic E-state index is 6.45. The molecule has 0 amide bonds. The van der Waals surface area contributed by atoms with E-state index in [1.54, 1.807) is 0 Å². The first-order valence-corrected chi connectivity index (χ1v) is 8.09. The summed E-state index contributed by atoms with van der Waals surface area (Å²) in [5.41, 5.74) is 9.13. The van der Waals surface area contributed by atoms with Crippen LogP contribution in [0.4, 0.5) is 0 Å². The van der Waals surface area contributed by atoms with Crippen LogP contribution in [0.25, 0.3) is 0 Å². The molecule has 0 aliphatic rings. The molecule has 1 aromatic rings. The fourth-order valence-electron chi connectivity index (χ4n) is 2.77. The van der Waals surface area contributed by atoms with Crippen molar-refractivity contribution in [1.29, 1.82) is 0 Å². The standard InChI is InChI=1S/C18H32N2/c1-6-14(4)13-20(8-3)18(17(19)7-2)16-11-9-10-15(5)12-16/h9-12,14,17-18H,6-8,13,19H2,1-5H3. The lowest BCUT2D eigenvalue weighted by atomic mass is 9.94. The van der Waals surface area contributed by atoms with E-state index in [1.165, 1.54) is 17.5 Å². The molecule has 0 radical (unpaired) electrons. The van der Waals surface area contributed by atoms with E-state index in [1.807, 2.05) is 0 Å². The molecule has 2 nitrogen and oxygen atoms in total. The number of hydrogen-bond donors (Lipinski definition) is 1. The summed E-state index contributed by atoms with van der Waals surface area (Å²) < 4.78 is 0. The van der Waals surface area contributed by atoms with Crippen LogP contribution in [0.1, 0.15) is 57.7 Å². The van der Waals surface area contributed by atoms with E-state index in [9.17, 15) is 0 Å². The number of benzene rings is 1. The molecule has 0 saturated heterocycles.